The summed E-state index contributed by atoms with van der Waals surface area (Å²) < 4.78 is 17.4. The molecule has 7 nitrogen and oxygen atoms in total. The molecule has 0 amide bonds. The number of hydrogen-bond acceptors (Lipinski definition) is 7. The predicted molar refractivity (Wildman–Crippen MR) is 173 cm³/mol. The lowest BCUT2D eigenvalue weighted by Gasteiger charge is -2.37. The molecular formula is C31H41Cl4NO6. The van der Waals surface area contributed by atoms with Crippen LogP contribution in [0.1, 0.15) is 54.7 Å². The second kappa shape index (κ2) is 15.7. The number of carbonyl (C=O) groups excluding carboxylic acids is 1. The number of benzene rings is 2. The third kappa shape index (κ3) is 9.07. The van der Waals surface area contributed by atoms with Gasteiger partial charge in [0.2, 0.25) is 0 Å². The van der Waals surface area contributed by atoms with Crippen molar-refractivity contribution in [1.29, 1.82) is 0 Å². The van der Waals surface area contributed by atoms with E-state index in [9.17, 15) is 15.0 Å². The largest absolute Gasteiger partial charge is 0.507 e. The van der Waals surface area contributed by atoms with E-state index in [2.05, 4.69) is 4.90 Å². The lowest BCUT2D eigenvalue weighted by Crippen LogP contribution is -2.46. The van der Waals surface area contributed by atoms with Crippen molar-refractivity contribution in [3.05, 3.63) is 52.6 Å². The van der Waals surface area contributed by atoms with Crippen LogP contribution in [0.5, 0.6) is 23.0 Å². The number of Topliss-reactive ketones (excluding diaryl/α,β-unsaturated/α-hetero) is 1. The first-order chi connectivity index (χ1) is 19.4. The predicted octanol–water partition coefficient (Wildman–Crippen LogP) is 6.51. The smallest absolute Gasteiger partial charge is 0.171 e. The van der Waals surface area contributed by atoms with Gasteiger partial charge in [-0.05, 0) is 57.5 Å². The van der Waals surface area contributed by atoms with Crippen LogP contribution < -0.4 is 14.2 Å². The van der Waals surface area contributed by atoms with E-state index in [1.807, 2.05) is 38.1 Å². The van der Waals surface area contributed by atoms with Crippen LogP contribution >= 0.6 is 47.2 Å². The zero-order valence-electron chi connectivity index (χ0n) is 24.7. The van der Waals surface area contributed by atoms with Gasteiger partial charge in [0.05, 0.1) is 24.3 Å². The van der Waals surface area contributed by atoms with Crippen LogP contribution in [-0.2, 0) is 12.8 Å². The molecule has 0 saturated heterocycles. The minimum absolute atomic E-state index is 0. The summed E-state index contributed by atoms with van der Waals surface area (Å²) in [5, 5.41) is 20.8. The van der Waals surface area contributed by atoms with Crippen LogP contribution in [0, 0.1) is 0 Å². The molecule has 1 atom stereocenters. The van der Waals surface area contributed by atoms with Crippen molar-refractivity contribution < 1.29 is 29.2 Å². The molecule has 2 N–H and O–H groups in total. The standard InChI is InChI=1S/C25H28O6.C6H12Cl3N.ClH/c1-24(2)9-8-16-20(30-24)7-6-14(23(16)29-5)11-18(26)17-10-15-12-22(28)25(3,4)31-21(15)13-19(17)27;7-1-4-10(5-2-8)6-3-9;/h6-10,13,22,27-28H,11-12H2,1-5H3;1-6H2;1H. The van der Waals surface area contributed by atoms with Gasteiger partial charge in [-0.15, -0.1) is 47.2 Å². The Morgan fingerprint density at radius 2 is 1.64 bits per heavy atom. The Bertz CT molecular complexity index is 1240. The highest BCUT2D eigenvalue weighted by Gasteiger charge is 2.36. The van der Waals surface area contributed by atoms with Crippen molar-refractivity contribution in [3.8, 4) is 23.0 Å². The summed E-state index contributed by atoms with van der Waals surface area (Å²) >= 11 is 16.6. The maximum Gasteiger partial charge on any atom is 0.171 e. The van der Waals surface area contributed by atoms with E-state index in [1.54, 1.807) is 27.0 Å². The summed E-state index contributed by atoms with van der Waals surface area (Å²) in [5.74, 6) is 3.31. The minimum Gasteiger partial charge on any atom is -0.507 e. The zero-order chi connectivity index (χ0) is 30.4. The first kappa shape index (κ1) is 36.3. The molecule has 0 spiro atoms. The number of alkyl halides is 3. The monoisotopic (exact) mass is 663 g/mol. The number of ketones is 1. The van der Waals surface area contributed by atoms with E-state index in [0.717, 1.165) is 25.2 Å². The molecule has 0 bridgehead atoms. The van der Waals surface area contributed by atoms with Crippen LogP contribution in [-0.4, -0.2) is 82.6 Å². The van der Waals surface area contributed by atoms with Gasteiger partial charge >= 0.3 is 0 Å². The van der Waals surface area contributed by atoms with Crippen molar-refractivity contribution >= 4 is 59.1 Å². The summed E-state index contributed by atoms with van der Waals surface area (Å²) in [4.78, 5) is 15.2. The fraction of sp³-hybridized carbons (Fsp3) is 0.516. The molecule has 2 heterocycles. The average Bonchev–Trinajstić information content (AvgIpc) is 2.89. The number of halogens is 4. The highest BCUT2D eigenvalue weighted by atomic mass is 35.5. The SMILES string of the molecule is COc1c(CC(=O)c2cc3c(cc2O)OC(C)(C)C(O)C3)ccc2c1C=CC(C)(C)O2.Cl.ClCCN(CCCl)CCCl. The first-order valence-corrected chi connectivity index (χ1v) is 15.2. The van der Waals surface area contributed by atoms with Gasteiger partial charge in [0.15, 0.2) is 5.78 Å². The van der Waals surface area contributed by atoms with Crippen molar-refractivity contribution in [2.24, 2.45) is 0 Å². The molecule has 0 aromatic heterocycles. The number of methoxy groups -OCH3 is 1. The van der Waals surface area contributed by atoms with Crippen molar-refractivity contribution in [3.63, 3.8) is 0 Å². The first-order valence-electron chi connectivity index (χ1n) is 13.6. The molecule has 11 heteroatoms. The molecule has 4 rings (SSSR count). The number of phenols is 1. The maximum atomic E-state index is 13.1. The Labute approximate surface area is 270 Å². The second-order valence-corrected chi connectivity index (χ2v) is 12.3. The lowest BCUT2D eigenvalue weighted by molar-refractivity contribution is -0.0412. The summed E-state index contributed by atoms with van der Waals surface area (Å²) in [6, 6.07) is 6.72. The summed E-state index contributed by atoms with van der Waals surface area (Å²) in [6.45, 7) is 10.1. The number of carbonyl (C=O) groups is 1. The average molecular weight is 665 g/mol. The molecule has 2 aliphatic heterocycles. The number of aliphatic hydroxyl groups is 1. The van der Waals surface area contributed by atoms with Gasteiger partial charge in [-0.2, -0.15) is 0 Å². The van der Waals surface area contributed by atoms with Gasteiger partial charge in [0, 0.05) is 61.7 Å². The van der Waals surface area contributed by atoms with Crippen LogP contribution in [0.4, 0.5) is 0 Å². The molecule has 0 saturated carbocycles. The number of ether oxygens (including phenoxy) is 3. The molecule has 0 radical (unpaired) electrons. The lowest BCUT2D eigenvalue weighted by atomic mass is 9.89. The van der Waals surface area contributed by atoms with Gasteiger partial charge in [0.1, 0.15) is 34.2 Å². The van der Waals surface area contributed by atoms with Crippen LogP contribution in [0.25, 0.3) is 6.08 Å². The Morgan fingerprint density at radius 3 is 2.21 bits per heavy atom. The molecule has 2 aromatic rings. The van der Waals surface area contributed by atoms with Crippen LogP contribution in [0.2, 0.25) is 0 Å². The van der Waals surface area contributed by atoms with E-state index in [1.165, 1.54) is 6.07 Å². The Kier molecular flexibility index (Phi) is 13.6. The fourth-order valence-electron chi connectivity index (χ4n) is 4.71. The second-order valence-electron chi connectivity index (χ2n) is 11.1. The topological polar surface area (TPSA) is 88.5 Å². The van der Waals surface area contributed by atoms with Gasteiger partial charge in [0.25, 0.3) is 0 Å². The van der Waals surface area contributed by atoms with Crippen molar-refractivity contribution in [1.82, 2.24) is 4.90 Å². The van der Waals surface area contributed by atoms with Crippen LogP contribution in [0.3, 0.4) is 0 Å². The normalized spacial score (nSPS) is 17.4. The van der Waals surface area contributed by atoms with Crippen molar-refractivity contribution in [2.45, 2.75) is 57.8 Å². The Morgan fingerprint density at radius 1 is 1.02 bits per heavy atom. The number of phenolic OH excluding ortho intramolecular Hbond substituents is 1. The van der Waals surface area contributed by atoms with E-state index in [4.69, 9.17) is 49.0 Å². The molecule has 2 aliphatic rings. The molecule has 0 fully saturated rings. The Balaban J connectivity index is 0.000000483. The number of nitrogens with zero attached hydrogens (tertiary/aromatic N) is 1. The highest BCUT2D eigenvalue weighted by molar-refractivity contribution is 6.18. The van der Waals surface area contributed by atoms with Crippen molar-refractivity contribution in [2.75, 3.05) is 44.4 Å². The van der Waals surface area contributed by atoms with Crippen LogP contribution in [0.15, 0.2) is 30.3 Å². The van der Waals surface area contributed by atoms with E-state index < -0.39 is 17.3 Å². The molecule has 1 unspecified atom stereocenters. The Hall–Kier alpha value is -1.87. The zero-order valence-corrected chi connectivity index (χ0v) is 27.8. The van der Waals surface area contributed by atoms with E-state index in [-0.39, 0.29) is 35.9 Å². The molecule has 234 valence electrons. The number of fused-ring (bicyclic) bond motifs is 2. The quantitative estimate of drug-likeness (QED) is 0.221. The summed E-state index contributed by atoms with van der Waals surface area (Å²) in [5.41, 5.74) is 1.22. The maximum absolute atomic E-state index is 13.1. The van der Waals surface area contributed by atoms with Gasteiger partial charge in [-0.25, -0.2) is 0 Å². The fourth-order valence-corrected chi connectivity index (χ4v) is 5.43. The molecule has 0 aliphatic carbocycles. The van der Waals surface area contributed by atoms with E-state index >= 15 is 0 Å². The summed E-state index contributed by atoms with van der Waals surface area (Å²) in [7, 11) is 1.56. The molecule has 42 heavy (non-hydrogen) atoms. The summed E-state index contributed by atoms with van der Waals surface area (Å²) in [6.07, 6.45) is 3.59. The third-order valence-electron chi connectivity index (χ3n) is 7.09. The molecule has 2 aromatic carbocycles. The molecular weight excluding hydrogens is 624 g/mol. The minimum atomic E-state index is -0.758. The number of aromatic hydroxyl groups is 1. The third-order valence-corrected chi connectivity index (χ3v) is 7.59. The highest BCUT2D eigenvalue weighted by Crippen LogP contribution is 2.41. The number of aliphatic hydroxyl groups excluding tert-OH is 1. The van der Waals surface area contributed by atoms with Gasteiger partial charge in [-0.3, -0.25) is 9.69 Å². The van der Waals surface area contributed by atoms with Gasteiger partial charge < -0.3 is 24.4 Å². The number of hydrogen-bond donors (Lipinski definition) is 2. The number of rotatable bonds is 10. The van der Waals surface area contributed by atoms with Gasteiger partial charge in [-0.1, -0.05) is 6.07 Å². The van der Waals surface area contributed by atoms with E-state index in [0.29, 0.717) is 52.4 Å².